The van der Waals surface area contributed by atoms with Crippen molar-refractivity contribution in [3.63, 3.8) is 0 Å². The first-order chi connectivity index (χ1) is 8.27. The van der Waals surface area contributed by atoms with Crippen molar-refractivity contribution in [2.45, 2.75) is 60.2 Å². The van der Waals surface area contributed by atoms with E-state index in [1.54, 1.807) is 6.92 Å². The van der Waals surface area contributed by atoms with Crippen LogP contribution in [0, 0.1) is 5.92 Å². The van der Waals surface area contributed by atoms with Crippen LogP contribution in [0.5, 0.6) is 0 Å². The zero-order valence-corrected chi connectivity index (χ0v) is 13.2. The molecule has 1 atom stereocenters. The molecule has 0 radical (unpaired) electrons. The molecule has 0 rings (SSSR count). The summed E-state index contributed by atoms with van der Waals surface area (Å²) >= 11 is -2.52. The molecular weight excluding hydrogens is 251 g/mol. The van der Waals surface area contributed by atoms with Gasteiger partial charge in [0.2, 0.25) is 0 Å². The third-order valence-corrected chi connectivity index (χ3v) is 4.12. The smallest absolute Gasteiger partial charge is 0.572 e. The molecule has 5 nitrogen and oxygen atoms in total. The Morgan fingerprint density at radius 1 is 1.06 bits per heavy atom. The van der Waals surface area contributed by atoms with E-state index < -0.39 is 27.0 Å². The molecule has 1 unspecified atom stereocenters. The summed E-state index contributed by atoms with van der Waals surface area (Å²) in [5.74, 6) is -1.45. The molecule has 0 aliphatic heterocycles. The standard InChI is InChI=1S/C6H10O3.2C3H7O.Al/c1-3-5(4(2)7)6(8)9;2*1-3(2)4;/h5H,3H2,1-2H3,(H,8,9);2*3H,1-2H3;/q;2*-1;+3/p-1. The fourth-order valence-electron chi connectivity index (χ4n) is 1.33. The highest BCUT2D eigenvalue weighted by Crippen LogP contribution is 2.10. The summed E-state index contributed by atoms with van der Waals surface area (Å²) in [6, 6.07) is 0. The first-order valence-electron chi connectivity index (χ1n) is 6.29. The highest BCUT2D eigenvalue weighted by molar-refractivity contribution is 6.39. The average Bonchev–Trinajstić information content (AvgIpc) is 2.14. The minimum atomic E-state index is -2.52. The SMILES string of the molecule is CCC(C(C)=O)C(=O)[O][Al]([O]C(C)C)[O]C(C)C. The maximum Gasteiger partial charge on any atom is 1.00 e. The van der Waals surface area contributed by atoms with Crippen molar-refractivity contribution in [1.82, 2.24) is 0 Å². The van der Waals surface area contributed by atoms with Gasteiger partial charge in [0.1, 0.15) is 11.7 Å². The van der Waals surface area contributed by atoms with Crippen LogP contribution in [0.1, 0.15) is 48.0 Å². The maximum absolute atomic E-state index is 11.8. The molecule has 0 amide bonds. The van der Waals surface area contributed by atoms with Crippen LogP contribution in [0.2, 0.25) is 0 Å². The molecule has 0 spiro atoms. The second-order valence-electron chi connectivity index (χ2n) is 4.67. The minimum absolute atomic E-state index is 0.0781. The monoisotopic (exact) mass is 274 g/mol. The van der Waals surface area contributed by atoms with Crippen molar-refractivity contribution in [3.05, 3.63) is 0 Å². The molecule has 6 heteroatoms. The van der Waals surface area contributed by atoms with Gasteiger partial charge in [-0.25, -0.2) is 0 Å². The van der Waals surface area contributed by atoms with Crippen LogP contribution in [-0.2, 0) is 21.0 Å². The van der Waals surface area contributed by atoms with Crippen molar-refractivity contribution < 1.29 is 21.0 Å². The summed E-state index contributed by atoms with van der Waals surface area (Å²) in [5, 5.41) is 0. The van der Waals surface area contributed by atoms with E-state index in [1.165, 1.54) is 6.92 Å². The lowest BCUT2D eigenvalue weighted by Crippen LogP contribution is -2.38. The van der Waals surface area contributed by atoms with Crippen LogP contribution < -0.4 is 0 Å². The lowest BCUT2D eigenvalue weighted by Gasteiger charge is -2.19. The zero-order valence-electron chi connectivity index (χ0n) is 12.1. The Morgan fingerprint density at radius 2 is 1.50 bits per heavy atom. The fourth-order valence-corrected chi connectivity index (χ4v) is 2.75. The van der Waals surface area contributed by atoms with E-state index >= 15 is 0 Å². The van der Waals surface area contributed by atoms with E-state index in [2.05, 4.69) is 0 Å². The highest BCUT2D eigenvalue weighted by Gasteiger charge is 2.41. The summed E-state index contributed by atoms with van der Waals surface area (Å²) in [7, 11) is 0. The molecule has 0 bridgehead atoms. The average molecular weight is 274 g/mol. The van der Waals surface area contributed by atoms with Crippen LogP contribution in [0.15, 0.2) is 0 Å². The zero-order chi connectivity index (χ0) is 14.3. The molecule has 18 heavy (non-hydrogen) atoms. The molecule has 104 valence electrons. The Hall–Kier alpha value is -0.408. The summed E-state index contributed by atoms with van der Waals surface area (Å²) in [6.07, 6.45) is 0.273. The Morgan fingerprint density at radius 3 is 1.78 bits per heavy atom. The molecule has 0 fully saturated rings. The summed E-state index contributed by atoms with van der Waals surface area (Å²) in [4.78, 5) is 23.1. The largest absolute Gasteiger partial charge is 1.00 e. The molecule has 0 saturated heterocycles. The maximum atomic E-state index is 11.8. The molecule has 0 aromatic rings. The minimum Gasteiger partial charge on any atom is -0.572 e. The number of carbonyl (C=O) groups excluding carboxylic acids is 2. The molecule has 0 aliphatic rings. The van der Waals surface area contributed by atoms with E-state index in [1.807, 2.05) is 27.7 Å². The summed E-state index contributed by atoms with van der Waals surface area (Å²) in [6.45, 7) is 10.5. The normalized spacial score (nSPS) is 12.7. The van der Waals surface area contributed by atoms with E-state index in [0.29, 0.717) is 6.42 Å². The van der Waals surface area contributed by atoms with Crippen LogP contribution >= 0.6 is 0 Å². The van der Waals surface area contributed by atoms with Gasteiger partial charge < -0.3 is 11.4 Å². The first kappa shape index (κ1) is 17.6. The van der Waals surface area contributed by atoms with Gasteiger partial charge in [-0.15, -0.1) is 0 Å². The Kier molecular flexibility index (Phi) is 8.46. The highest BCUT2D eigenvalue weighted by atomic mass is 27.3. The van der Waals surface area contributed by atoms with Crippen LogP contribution in [0.4, 0.5) is 0 Å². The van der Waals surface area contributed by atoms with Crippen LogP contribution in [-0.4, -0.2) is 39.1 Å². The van der Waals surface area contributed by atoms with Gasteiger partial charge in [0, 0.05) is 12.2 Å². The van der Waals surface area contributed by atoms with Crippen molar-refractivity contribution in [2.24, 2.45) is 5.92 Å². The summed E-state index contributed by atoms with van der Waals surface area (Å²) in [5.41, 5.74) is 0. The Balaban J connectivity index is 4.54. The molecular formula is C12H23AlO5. The predicted molar refractivity (Wildman–Crippen MR) is 68.8 cm³/mol. The van der Waals surface area contributed by atoms with Crippen molar-refractivity contribution in [3.8, 4) is 0 Å². The second kappa shape index (κ2) is 8.65. The van der Waals surface area contributed by atoms with E-state index in [-0.39, 0.29) is 18.0 Å². The number of carbonyl (C=O) groups is 2. The first-order valence-corrected chi connectivity index (χ1v) is 7.71. The Labute approximate surface area is 114 Å². The molecule has 0 aliphatic carbocycles. The lowest BCUT2D eigenvalue weighted by molar-refractivity contribution is -0.147. The predicted octanol–water partition coefficient (Wildman–Crippen LogP) is 1.98. The van der Waals surface area contributed by atoms with Crippen LogP contribution in [0.25, 0.3) is 0 Å². The number of hydrogen-bond acceptors (Lipinski definition) is 5. The van der Waals surface area contributed by atoms with Gasteiger partial charge in [0.25, 0.3) is 5.97 Å². The number of Topliss-reactive ketones (excluding diaryl/α,β-unsaturated/α-hetero) is 1. The molecule has 0 saturated carbocycles. The fraction of sp³-hybridized carbons (Fsp3) is 0.833. The van der Waals surface area contributed by atoms with Gasteiger partial charge in [-0.2, -0.15) is 0 Å². The van der Waals surface area contributed by atoms with Gasteiger partial charge in [-0.1, -0.05) is 6.92 Å². The topological polar surface area (TPSA) is 61.8 Å². The lowest BCUT2D eigenvalue weighted by atomic mass is 10.0. The second-order valence-corrected chi connectivity index (χ2v) is 6.02. The molecule has 0 aromatic carbocycles. The van der Waals surface area contributed by atoms with E-state index in [9.17, 15) is 9.59 Å². The Bertz CT molecular complexity index is 268. The number of rotatable bonds is 8. The van der Waals surface area contributed by atoms with E-state index in [4.69, 9.17) is 11.4 Å². The molecule has 0 N–H and O–H groups in total. The number of hydrogen-bond donors (Lipinski definition) is 0. The third kappa shape index (κ3) is 7.12. The third-order valence-electron chi connectivity index (χ3n) is 2.16. The number of ketones is 1. The van der Waals surface area contributed by atoms with Crippen molar-refractivity contribution >= 4 is 26.9 Å². The van der Waals surface area contributed by atoms with E-state index in [0.717, 1.165) is 0 Å². The van der Waals surface area contributed by atoms with Gasteiger partial charge in [0.15, 0.2) is 0 Å². The van der Waals surface area contributed by atoms with Gasteiger partial charge in [-0.3, -0.25) is 9.59 Å². The van der Waals surface area contributed by atoms with Gasteiger partial charge in [-0.05, 0) is 41.0 Å². The van der Waals surface area contributed by atoms with Gasteiger partial charge >= 0.3 is 15.1 Å². The van der Waals surface area contributed by atoms with Gasteiger partial charge in [0.05, 0.1) is 0 Å². The van der Waals surface area contributed by atoms with Crippen molar-refractivity contribution in [1.29, 1.82) is 0 Å². The molecule has 0 aromatic heterocycles. The van der Waals surface area contributed by atoms with Crippen LogP contribution in [0.3, 0.4) is 0 Å². The summed E-state index contributed by atoms with van der Waals surface area (Å²) < 4.78 is 16.2. The molecule has 0 heterocycles. The van der Waals surface area contributed by atoms with Crippen molar-refractivity contribution in [2.75, 3.05) is 0 Å². The quantitative estimate of drug-likeness (QED) is 0.500.